The zero-order chi connectivity index (χ0) is 28.6. The summed E-state index contributed by atoms with van der Waals surface area (Å²) < 4.78 is 11.9. The molecular formula is C34H36N2O4. The van der Waals surface area contributed by atoms with Gasteiger partial charge in [-0.2, -0.15) is 0 Å². The summed E-state index contributed by atoms with van der Waals surface area (Å²) in [7, 11) is 1.59. The molecule has 0 spiro atoms. The standard InChI is InChI=1S/C34H36N2O4/c1-20(2)32-34(38)36(23(5)26-16-10-14-24-13-7-8-15-27(24)26)31(28-18-17-25(39-6)19-29(28)40-32)33(37)35-30-21(3)11-9-12-22(30)4/h7-20,23,31-32H,1-6H3,(H,35,37). The van der Waals surface area contributed by atoms with Crippen molar-refractivity contribution in [1.29, 1.82) is 0 Å². The Kier molecular flexibility index (Phi) is 7.53. The van der Waals surface area contributed by atoms with Crippen molar-refractivity contribution in [2.75, 3.05) is 12.4 Å². The van der Waals surface area contributed by atoms with Crippen LogP contribution >= 0.6 is 0 Å². The molecule has 0 bridgehead atoms. The van der Waals surface area contributed by atoms with Crippen LogP contribution in [0, 0.1) is 19.8 Å². The molecule has 0 radical (unpaired) electrons. The molecule has 2 amide bonds. The Morgan fingerprint density at radius 2 is 1.60 bits per heavy atom. The summed E-state index contributed by atoms with van der Waals surface area (Å²) >= 11 is 0. The van der Waals surface area contributed by atoms with E-state index in [0.717, 1.165) is 33.2 Å². The summed E-state index contributed by atoms with van der Waals surface area (Å²) in [5, 5.41) is 5.28. The highest BCUT2D eigenvalue weighted by Crippen LogP contribution is 2.43. The number of nitrogens with zero attached hydrogens (tertiary/aromatic N) is 1. The molecule has 1 aliphatic heterocycles. The highest BCUT2D eigenvalue weighted by Gasteiger charge is 2.44. The highest BCUT2D eigenvalue weighted by molar-refractivity contribution is 6.01. The van der Waals surface area contributed by atoms with E-state index in [1.54, 1.807) is 18.1 Å². The topological polar surface area (TPSA) is 67.9 Å². The minimum atomic E-state index is -0.940. The van der Waals surface area contributed by atoms with Gasteiger partial charge in [-0.15, -0.1) is 0 Å². The number of amides is 2. The summed E-state index contributed by atoms with van der Waals surface area (Å²) in [5.41, 5.74) is 4.24. The quantitative estimate of drug-likeness (QED) is 0.284. The van der Waals surface area contributed by atoms with Crippen LogP contribution in [-0.2, 0) is 9.59 Å². The van der Waals surface area contributed by atoms with Gasteiger partial charge < -0.3 is 19.7 Å². The first-order valence-corrected chi connectivity index (χ1v) is 13.7. The summed E-state index contributed by atoms with van der Waals surface area (Å²) in [6.45, 7) is 9.84. The second-order valence-corrected chi connectivity index (χ2v) is 10.8. The van der Waals surface area contributed by atoms with E-state index in [9.17, 15) is 9.59 Å². The lowest BCUT2D eigenvalue weighted by Crippen LogP contribution is -2.48. The molecule has 0 aromatic heterocycles. The number of methoxy groups -OCH3 is 1. The van der Waals surface area contributed by atoms with Crippen molar-refractivity contribution in [2.45, 2.75) is 52.8 Å². The Labute approximate surface area is 235 Å². The van der Waals surface area contributed by atoms with E-state index in [1.165, 1.54) is 0 Å². The van der Waals surface area contributed by atoms with E-state index in [2.05, 4.69) is 23.5 Å². The molecule has 4 aromatic rings. The molecule has 5 rings (SSSR count). The highest BCUT2D eigenvalue weighted by atomic mass is 16.5. The molecule has 4 aromatic carbocycles. The Hall–Kier alpha value is -4.32. The van der Waals surface area contributed by atoms with Crippen LogP contribution in [0.25, 0.3) is 10.8 Å². The second-order valence-electron chi connectivity index (χ2n) is 10.8. The molecule has 40 heavy (non-hydrogen) atoms. The Morgan fingerprint density at radius 1 is 0.925 bits per heavy atom. The average Bonchev–Trinajstić information content (AvgIpc) is 3.08. The number of benzene rings is 4. The van der Waals surface area contributed by atoms with Gasteiger partial charge in [-0.25, -0.2) is 0 Å². The van der Waals surface area contributed by atoms with Crippen molar-refractivity contribution < 1.29 is 19.1 Å². The van der Waals surface area contributed by atoms with Crippen LogP contribution in [0.2, 0.25) is 0 Å². The van der Waals surface area contributed by atoms with Crippen molar-refractivity contribution in [2.24, 2.45) is 5.92 Å². The zero-order valence-corrected chi connectivity index (χ0v) is 23.9. The van der Waals surface area contributed by atoms with Gasteiger partial charge in [-0.05, 0) is 66.3 Å². The van der Waals surface area contributed by atoms with E-state index in [4.69, 9.17) is 9.47 Å². The lowest BCUT2D eigenvalue weighted by Gasteiger charge is -2.37. The molecular weight excluding hydrogens is 500 g/mol. The summed E-state index contributed by atoms with van der Waals surface area (Å²) in [4.78, 5) is 30.5. The van der Waals surface area contributed by atoms with Crippen molar-refractivity contribution in [1.82, 2.24) is 4.90 Å². The molecule has 1 N–H and O–H groups in total. The average molecular weight is 537 g/mol. The first kappa shape index (κ1) is 27.3. The van der Waals surface area contributed by atoms with Crippen molar-refractivity contribution >= 4 is 28.3 Å². The van der Waals surface area contributed by atoms with Crippen LogP contribution in [-0.4, -0.2) is 29.9 Å². The normalized spacial score (nSPS) is 17.7. The van der Waals surface area contributed by atoms with Gasteiger partial charge in [0.2, 0.25) is 0 Å². The number of nitrogens with one attached hydrogen (secondary N) is 1. The van der Waals surface area contributed by atoms with Crippen LogP contribution in [0.3, 0.4) is 0 Å². The number of rotatable bonds is 6. The second kappa shape index (κ2) is 11.0. The maximum atomic E-state index is 14.5. The lowest BCUT2D eigenvalue weighted by molar-refractivity contribution is -0.148. The fourth-order valence-electron chi connectivity index (χ4n) is 5.65. The first-order valence-electron chi connectivity index (χ1n) is 13.7. The maximum Gasteiger partial charge on any atom is 0.265 e. The van der Waals surface area contributed by atoms with E-state index >= 15 is 0 Å². The molecule has 0 fully saturated rings. The number of aryl methyl sites for hydroxylation is 2. The molecule has 0 saturated carbocycles. The van der Waals surface area contributed by atoms with Gasteiger partial charge in [0.25, 0.3) is 11.8 Å². The number of anilines is 1. The maximum absolute atomic E-state index is 14.5. The number of carbonyl (C=O) groups is 2. The molecule has 3 unspecified atom stereocenters. The van der Waals surface area contributed by atoms with E-state index in [-0.39, 0.29) is 17.7 Å². The SMILES string of the molecule is COc1ccc2c(c1)OC(C(C)C)C(=O)N(C(C)c1cccc3ccccc13)C2C(=O)Nc1c(C)cccc1C. The Morgan fingerprint density at radius 3 is 2.30 bits per heavy atom. The predicted octanol–water partition coefficient (Wildman–Crippen LogP) is 7.15. The van der Waals surface area contributed by atoms with Crippen LogP contribution in [0.1, 0.15) is 55.1 Å². The number of para-hydroxylation sites is 1. The van der Waals surface area contributed by atoms with Crippen LogP contribution in [0.4, 0.5) is 5.69 Å². The smallest absolute Gasteiger partial charge is 0.265 e. The first-order chi connectivity index (χ1) is 19.2. The number of ether oxygens (including phenoxy) is 2. The Balaban J connectivity index is 1.71. The zero-order valence-electron chi connectivity index (χ0n) is 23.9. The summed E-state index contributed by atoms with van der Waals surface area (Å²) in [6, 6.07) is 24.1. The minimum absolute atomic E-state index is 0.130. The third kappa shape index (κ3) is 4.90. The van der Waals surface area contributed by atoms with E-state index < -0.39 is 18.2 Å². The summed E-state index contributed by atoms with van der Waals surface area (Å²) in [5.74, 6) is 0.414. The van der Waals surface area contributed by atoms with Crippen molar-refractivity contribution in [3.8, 4) is 11.5 Å². The fourth-order valence-corrected chi connectivity index (χ4v) is 5.65. The van der Waals surface area contributed by atoms with Gasteiger partial charge in [0.1, 0.15) is 17.5 Å². The van der Waals surface area contributed by atoms with Gasteiger partial charge in [0.05, 0.1) is 13.2 Å². The van der Waals surface area contributed by atoms with Gasteiger partial charge >= 0.3 is 0 Å². The number of hydrogen-bond donors (Lipinski definition) is 1. The van der Waals surface area contributed by atoms with Gasteiger partial charge in [-0.3, -0.25) is 9.59 Å². The number of carbonyl (C=O) groups excluding carboxylic acids is 2. The molecule has 1 aliphatic rings. The van der Waals surface area contributed by atoms with Crippen LogP contribution in [0.5, 0.6) is 11.5 Å². The molecule has 3 atom stereocenters. The monoisotopic (exact) mass is 536 g/mol. The lowest BCUT2D eigenvalue weighted by atomic mass is 9.94. The molecule has 6 heteroatoms. The third-order valence-corrected chi connectivity index (χ3v) is 7.82. The number of hydrogen-bond acceptors (Lipinski definition) is 4. The minimum Gasteiger partial charge on any atom is -0.497 e. The molecule has 1 heterocycles. The third-order valence-electron chi connectivity index (χ3n) is 7.82. The van der Waals surface area contributed by atoms with Crippen LogP contribution < -0.4 is 14.8 Å². The summed E-state index contributed by atoms with van der Waals surface area (Å²) in [6.07, 6.45) is -0.777. The van der Waals surface area contributed by atoms with E-state index in [1.807, 2.05) is 89.2 Å². The van der Waals surface area contributed by atoms with Crippen molar-refractivity contribution in [3.63, 3.8) is 0 Å². The molecule has 206 valence electrons. The largest absolute Gasteiger partial charge is 0.497 e. The molecule has 0 saturated heterocycles. The molecule has 6 nitrogen and oxygen atoms in total. The van der Waals surface area contributed by atoms with Gasteiger partial charge in [0.15, 0.2) is 6.10 Å². The molecule has 0 aliphatic carbocycles. The van der Waals surface area contributed by atoms with Gasteiger partial charge in [-0.1, -0.05) is 74.5 Å². The van der Waals surface area contributed by atoms with E-state index in [0.29, 0.717) is 17.1 Å². The van der Waals surface area contributed by atoms with Crippen molar-refractivity contribution in [3.05, 3.63) is 101 Å². The van der Waals surface area contributed by atoms with Crippen LogP contribution in [0.15, 0.2) is 78.9 Å². The number of fused-ring (bicyclic) bond motifs is 2. The fraction of sp³-hybridized carbons (Fsp3) is 0.294. The predicted molar refractivity (Wildman–Crippen MR) is 159 cm³/mol. The Bertz CT molecular complexity index is 1550. The van der Waals surface area contributed by atoms with Gasteiger partial charge in [0, 0.05) is 17.3 Å².